The van der Waals surface area contributed by atoms with Crippen LogP contribution < -0.4 is 5.73 Å². The highest BCUT2D eigenvalue weighted by atomic mass is 15.3. The summed E-state index contributed by atoms with van der Waals surface area (Å²) < 4.78 is 1.92. The first-order valence-electron chi connectivity index (χ1n) is 5.79. The second kappa shape index (κ2) is 3.55. The van der Waals surface area contributed by atoms with Crippen molar-refractivity contribution in [2.45, 2.75) is 25.7 Å². The summed E-state index contributed by atoms with van der Waals surface area (Å²) in [5.74, 6) is 0.911. The smallest absolute Gasteiger partial charge is 0.220 e. The summed E-state index contributed by atoms with van der Waals surface area (Å²) in [6.45, 7) is 2.06. The number of aromatic nitrogens is 4. The molecular formula is C12H15N5. The van der Waals surface area contributed by atoms with Gasteiger partial charge in [0.1, 0.15) is 0 Å². The number of nitrogen functional groups attached to an aromatic ring is 1. The molecule has 88 valence electrons. The number of hydrogen-bond acceptors (Lipinski definition) is 4. The minimum absolute atomic E-state index is 0.312. The minimum atomic E-state index is 0.312. The van der Waals surface area contributed by atoms with Crippen LogP contribution in [0.25, 0.3) is 11.3 Å². The fourth-order valence-electron chi connectivity index (χ4n) is 2.11. The lowest BCUT2D eigenvalue weighted by molar-refractivity contribution is 0.721. The fourth-order valence-corrected chi connectivity index (χ4v) is 2.11. The van der Waals surface area contributed by atoms with E-state index in [0.29, 0.717) is 11.9 Å². The predicted octanol–water partition coefficient (Wildman–Crippen LogP) is 1.65. The first kappa shape index (κ1) is 10.3. The zero-order valence-electron chi connectivity index (χ0n) is 10.0. The summed E-state index contributed by atoms with van der Waals surface area (Å²) in [5.41, 5.74) is 9.94. The Kier molecular flexibility index (Phi) is 2.14. The van der Waals surface area contributed by atoms with E-state index >= 15 is 0 Å². The number of anilines is 1. The predicted molar refractivity (Wildman–Crippen MR) is 65.4 cm³/mol. The van der Waals surface area contributed by atoms with E-state index in [1.165, 1.54) is 12.8 Å². The molecular weight excluding hydrogens is 214 g/mol. The van der Waals surface area contributed by atoms with E-state index in [9.17, 15) is 0 Å². The maximum atomic E-state index is 5.65. The number of nitrogens with two attached hydrogens (primary N) is 1. The third kappa shape index (κ3) is 1.67. The number of nitrogens with zero attached hydrogens (tertiary/aromatic N) is 4. The molecule has 0 saturated heterocycles. The summed E-state index contributed by atoms with van der Waals surface area (Å²) in [6, 6.07) is 1.90. The maximum absolute atomic E-state index is 5.65. The third-order valence-electron chi connectivity index (χ3n) is 3.26. The highest BCUT2D eigenvalue weighted by Crippen LogP contribution is 2.44. The number of rotatable bonds is 2. The summed E-state index contributed by atoms with van der Waals surface area (Å²) >= 11 is 0. The van der Waals surface area contributed by atoms with E-state index < -0.39 is 0 Å². The molecule has 2 aromatic rings. The lowest BCUT2D eigenvalue weighted by Gasteiger charge is -2.03. The topological polar surface area (TPSA) is 69.6 Å². The molecule has 5 nitrogen and oxygen atoms in total. The number of hydrogen-bond donors (Lipinski definition) is 1. The molecule has 0 bridgehead atoms. The fraction of sp³-hybridized carbons (Fsp3) is 0.417. The van der Waals surface area contributed by atoms with E-state index in [1.54, 1.807) is 6.20 Å². The molecule has 0 aliphatic heterocycles. The molecule has 1 fully saturated rings. The molecule has 2 heterocycles. The van der Waals surface area contributed by atoms with Crippen LogP contribution in [0.5, 0.6) is 0 Å². The van der Waals surface area contributed by atoms with E-state index in [4.69, 9.17) is 5.73 Å². The Morgan fingerprint density at radius 3 is 2.82 bits per heavy atom. The summed E-state index contributed by atoms with van der Waals surface area (Å²) in [7, 11) is 1.97. The van der Waals surface area contributed by atoms with Crippen LogP contribution in [0, 0.1) is 6.92 Å². The van der Waals surface area contributed by atoms with E-state index in [0.717, 1.165) is 22.6 Å². The van der Waals surface area contributed by atoms with Gasteiger partial charge in [0.15, 0.2) is 0 Å². The largest absolute Gasteiger partial charge is 0.368 e. The van der Waals surface area contributed by atoms with Crippen molar-refractivity contribution in [1.82, 2.24) is 19.7 Å². The molecule has 1 aliphatic carbocycles. The Balaban J connectivity index is 2.18. The maximum Gasteiger partial charge on any atom is 0.220 e. The van der Waals surface area contributed by atoms with Gasteiger partial charge in [-0.1, -0.05) is 0 Å². The highest BCUT2D eigenvalue weighted by molar-refractivity contribution is 5.66. The van der Waals surface area contributed by atoms with Crippen LogP contribution in [0.1, 0.15) is 30.1 Å². The Bertz CT molecular complexity index is 568. The summed E-state index contributed by atoms with van der Waals surface area (Å²) in [6.07, 6.45) is 4.15. The Hall–Kier alpha value is -1.91. The lowest BCUT2D eigenvalue weighted by Crippen LogP contribution is -1.97. The van der Waals surface area contributed by atoms with Crippen LogP contribution in [0.4, 0.5) is 5.95 Å². The Labute approximate surface area is 99.7 Å². The van der Waals surface area contributed by atoms with Crippen molar-refractivity contribution in [2.24, 2.45) is 7.05 Å². The van der Waals surface area contributed by atoms with Crippen LogP contribution in [-0.2, 0) is 7.05 Å². The van der Waals surface area contributed by atoms with Crippen molar-refractivity contribution in [2.75, 3.05) is 5.73 Å². The van der Waals surface area contributed by atoms with Gasteiger partial charge in [-0.05, 0) is 25.8 Å². The van der Waals surface area contributed by atoms with Gasteiger partial charge in [0.2, 0.25) is 5.95 Å². The zero-order chi connectivity index (χ0) is 12.0. The van der Waals surface area contributed by atoms with Crippen molar-refractivity contribution >= 4 is 5.95 Å². The Morgan fingerprint density at radius 1 is 1.41 bits per heavy atom. The monoisotopic (exact) mass is 229 g/mol. The summed E-state index contributed by atoms with van der Waals surface area (Å²) in [5, 5.41) is 4.59. The molecule has 5 heteroatoms. The van der Waals surface area contributed by atoms with Crippen LogP contribution in [0.2, 0.25) is 0 Å². The van der Waals surface area contributed by atoms with Crippen molar-refractivity contribution in [3.8, 4) is 11.3 Å². The van der Waals surface area contributed by atoms with E-state index in [2.05, 4.69) is 22.0 Å². The van der Waals surface area contributed by atoms with Crippen molar-refractivity contribution in [3.05, 3.63) is 23.7 Å². The van der Waals surface area contributed by atoms with Crippen LogP contribution in [0.15, 0.2) is 12.3 Å². The van der Waals surface area contributed by atoms with Gasteiger partial charge in [-0.2, -0.15) is 5.10 Å². The van der Waals surface area contributed by atoms with Crippen LogP contribution >= 0.6 is 0 Å². The Morgan fingerprint density at radius 2 is 2.18 bits per heavy atom. The van der Waals surface area contributed by atoms with Crippen LogP contribution in [0.3, 0.4) is 0 Å². The minimum Gasteiger partial charge on any atom is -0.368 e. The van der Waals surface area contributed by atoms with Gasteiger partial charge in [0.05, 0.1) is 11.4 Å². The van der Waals surface area contributed by atoms with Gasteiger partial charge < -0.3 is 5.73 Å². The zero-order valence-corrected chi connectivity index (χ0v) is 10.0. The second-order valence-electron chi connectivity index (χ2n) is 4.54. The lowest BCUT2D eigenvalue weighted by atomic mass is 10.1. The average Bonchev–Trinajstić information content (AvgIpc) is 3.08. The summed E-state index contributed by atoms with van der Waals surface area (Å²) in [4.78, 5) is 8.23. The quantitative estimate of drug-likeness (QED) is 0.850. The molecule has 2 aromatic heterocycles. The second-order valence-corrected chi connectivity index (χ2v) is 4.54. The molecule has 0 radical (unpaired) electrons. The molecule has 0 spiro atoms. The van der Waals surface area contributed by atoms with Gasteiger partial charge in [-0.15, -0.1) is 0 Å². The first-order chi connectivity index (χ1) is 8.16. The molecule has 0 atom stereocenters. The first-order valence-corrected chi connectivity index (χ1v) is 5.79. The standard InChI is InChI=1S/C12H15N5/c1-7-10(9-5-6-14-12(13)15-9)11(8-3-4-8)16-17(7)2/h5-6,8H,3-4H2,1-2H3,(H2,13,14,15). The van der Waals surface area contributed by atoms with E-state index in [-0.39, 0.29) is 0 Å². The molecule has 0 unspecified atom stereocenters. The van der Waals surface area contributed by atoms with Crippen LogP contribution in [-0.4, -0.2) is 19.7 Å². The van der Waals surface area contributed by atoms with Gasteiger partial charge in [0.25, 0.3) is 0 Å². The van der Waals surface area contributed by atoms with Gasteiger partial charge in [0, 0.05) is 30.4 Å². The third-order valence-corrected chi connectivity index (χ3v) is 3.26. The van der Waals surface area contributed by atoms with Gasteiger partial charge in [-0.3, -0.25) is 4.68 Å². The van der Waals surface area contributed by atoms with Gasteiger partial charge >= 0.3 is 0 Å². The normalized spacial score (nSPS) is 15.2. The molecule has 0 amide bonds. The molecule has 17 heavy (non-hydrogen) atoms. The number of aryl methyl sites for hydroxylation is 1. The molecule has 0 aromatic carbocycles. The molecule has 3 rings (SSSR count). The van der Waals surface area contributed by atoms with Crippen molar-refractivity contribution in [3.63, 3.8) is 0 Å². The average molecular weight is 229 g/mol. The SMILES string of the molecule is Cc1c(-c2ccnc(N)n2)c(C2CC2)nn1C. The van der Waals surface area contributed by atoms with Crippen molar-refractivity contribution < 1.29 is 0 Å². The molecule has 2 N–H and O–H groups in total. The van der Waals surface area contributed by atoms with Crippen molar-refractivity contribution in [1.29, 1.82) is 0 Å². The van der Waals surface area contributed by atoms with E-state index in [1.807, 2.05) is 17.8 Å². The highest BCUT2D eigenvalue weighted by Gasteiger charge is 2.31. The van der Waals surface area contributed by atoms with Gasteiger partial charge in [-0.25, -0.2) is 9.97 Å². The molecule has 1 aliphatic rings. The molecule has 1 saturated carbocycles.